The van der Waals surface area contributed by atoms with E-state index in [1.807, 2.05) is 0 Å². The Morgan fingerprint density at radius 1 is 1.39 bits per heavy atom. The topological polar surface area (TPSA) is 51.7 Å². The molecule has 1 fully saturated rings. The third-order valence-corrected chi connectivity index (χ3v) is 4.08. The number of aromatic nitrogens is 1. The molecule has 3 rings (SSSR count). The molecule has 1 saturated heterocycles. The van der Waals surface area contributed by atoms with Gasteiger partial charge in [-0.2, -0.15) is 13.2 Å². The number of carbonyl (C=O) groups excluding carboxylic acids is 1. The minimum Gasteiger partial charge on any atom is -0.443 e. The highest BCUT2D eigenvalue weighted by Gasteiger charge is 2.44. The van der Waals surface area contributed by atoms with Crippen LogP contribution in [-0.4, -0.2) is 43.1 Å². The fourth-order valence-corrected chi connectivity index (χ4v) is 2.94. The van der Waals surface area contributed by atoms with Crippen LogP contribution in [0.3, 0.4) is 0 Å². The Kier molecular flexibility index (Phi) is 4.43. The molecule has 1 aromatic heterocycles. The van der Waals surface area contributed by atoms with Crippen molar-refractivity contribution in [1.82, 2.24) is 4.98 Å². The Balaban J connectivity index is 1.87. The van der Waals surface area contributed by atoms with E-state index in [0.717, 1.165) is 0 Å². The highest BCUT2D eigenvalue weighted by molar-refractivity contribution is 5.88. The first kappa shape index (κ1) is 16.0. The van der Waals surface area contributed by atoms with E-state index in [1.165, 1.54) is 23.2 Å². The zero-order valence-electron chi connectivity index (χ0n) is 12.4. The first-order valence-corrected chi connectivity index (χ1v) is 7.54. The van der Waals surface area contributed by atoms with Gasteiger partial charge in [-0.1, -0.05) is 0 Å². The van der Waals surface area contributed by atoms with E-state index in [4.69, 9.17) is 9.47 Å². The summed E-state index contributed by atoms with van der Waals surface area (Å²) in [5.41, 5.74) is 0.0633. The van der Waals surface area contributed by atoms with Crippen molar-refractivity contribution in [3.63, 3.8) is 0 Å². The quantitative estimate of drug-likeness (QED) is 0.793. The van der Waals surface area contributed by atoms with Gasteiger partial charge in [-0.3, -0.25) is 9.88 Å². The lowest BCUT2D eigenvalue weighted by molar-refractivity contribution is -0.152. The van der Waals surface area contributed by atoms with Gasteiger partial charge < -0.3 is 9.47 Å². The predicted molar refractivity (Wildman–Crippen MR) is 75.3 cm³/mol. The van der Waals surface area contributed by atoms with Crippen LogP contribution in [0.4, 0.5) is 23.7 Å². The molecule has 0 spiro atoms. The number of nitrogens with zero attached hydrogens (tertiary/aromatic N) is 2. The number of halogens is 3. The average molecular weight is 330 g/mol. The average Bonchev–Trinajstić information content (AvgIpc) is 2.91. The van der Waals surface area contributed by atoms with Crippen molar-refractivity contribution in [3.8, 4) is 0 Å². The number of pyridine rings is 1. The lowest BCUT2D eigenvalue weighted by Crippen LogP contribution is -2.35. The number of alkyl halides is 3. The number of hydrogen-bond acceptors (Lipinski definition) is 4. The molecule has 1 aromatic rings. The Hall–Kier alpha value is -1.83. The molecule has 5 nitrogen and oxygen atoms in total. The van der Waals surface area contributed by atoms with Gasteiger partial charge in [-0.15, -0.1) is 0 Å². The van der Waals surface area contributed by atoms with Crippen molar-refractivity contribution < 1.29 is 27.4 Å². The number of anilines is 1. The van der Waals surface area contributed by atoms with Gasteiger partial charge in [0, 0.05) is 19.2 Å². The third kappa shape index (κ3) is 3.41. The summed E-state index contributed by atoms with van der Waals surface area (Å²) in [5.74, 6) is -1.66. The molecule has 0 aliphatic carbocycles. The number of rotatable bonds is 1. The SMILES string of the molecule is O=C(OC1CCOC1)N1CCCC(C(F)(F)F)c2ncccc21. The molecule has 0 aromatic carbocycles. The van der Waals surface area contributed by atoms with E-state index in [1.54, 1.807) is 0 Å². The summed E-state index contributed by atoms with van der Waals surface area (Å²) in [4.78, 5) is 17.5. The second-order valence-corrected chi connectivity index (χ2v) is 5.67. The number of fused-ring (bicyclic) bond motifs is 1. The van der Waals surface area contributed by atoms with Gasteiger partial charge in [0.05, 0.1) is 30.5 Å². The van der Waals surface area contributed by atoms with Crippen LogP contribution in [0.2, 0.25) is 0 Å². The smallest absolute Gasteiger partial charge is 0.414 e. The molecular weight excluding hydrogens is 313 g/mol. The molecule has 2 unspecified atom stereocenters. The van der Waals surface area contributed by atoms with Crippen molar-refractivity contribution >= 4 is 11.8 Å². The lowest BCUT2D eigenvalue weighted by Gasteiger charge is -2.24. The molecule has 8 heteroatoms. The van der Waals surface area contributed by atoms with Crippen molar-refractivity contribution in [2.24, 2.45) is 0 Å². The Bertz CT molecular complexity index is 573. The number of carbonyl (C=O) groups is 1. The molecule has 1 amide bonds. The normalized spacial score (nSPS) is 24.9. The summed E-state index contributed by atoms with van der Waals surface area (Å²) in [6.07, 6.45) is -3.31. The molecule has 0 saturated carbocycles. The van der Waals surface area contributed by atoms with Crippen LogP contribution in [0.1, 0.15) is 30.9 Å². The van der Waals surface area contributed by atoms with E-state index in [-0.39, 0.29) is 36.9 Å². The van der Waals surface area contributed by atoms with Crippen LogP contribution >= 0.6 is 0 Å². The molecule has 2 aliphatic heterocycles. The van der Waals surface area contributed by atoms with Gasteiger partial charge >= 0.3 is 12.3 Å². The van der Waals surface area contributed by atoms with Crippen molar-refractivity contribution in [2.45, 2.75) is 37.5 Å². The largest absolute Gasteiger partial charge is 0.443 e. The van der Waals surface area contributed by atoms with Crippen molar-refractivity contribution in [1.29, 1.82) is 0 Å². The molecule has 0 N–H and O–H groups in total. The zero-order valence-corrected chi connectivity index (χ0v) is 12.4. The maximum absolute atomic E-state index is 13.3. The fourth-order valence-electron chi connectivity index (χ4n) is 2.94. The van der Waals surface area contributed by atoms with Crippen LogP contribution in [0.5, 0.6) is 0 Å². The van der Waals surface area contributed by atoms with Gasteiger partial charge in [0.25, 0.3) is 0 Å². The second-order valence-electron chi connectivity index (χ2n) is 5.67. The van der Waals surface area contributed by atoms with Crippen LogP contribution in [0, 0.1) is 0 Å². The van der Waals surface area contributed by atoms with E-state index in [0.29, 0.717) is 19.6 Å². The summed E-state index contributed by atoms with van der Waals surface area (Å²) in [7, 11) is 0. The Morgan fingerprint density at radius 3 is 2.91 bits per heavy atom. The minimum atomic E-state index is -4.39. The number of ether oxygens (including phenoxy) is 2. The molecule has 2 atom stereocenters. The van der Waals surface area contributed by atoms with Gasteiger partial charge in [0.1, 0.15) is 6.10 Å². The monoisotopic (exact) mass is 330 g/mol. The summed E-state index contributed by atoms with van der Waals surface area (Å²) < 4.78 is 50.3. The highest BCUT2D eigenvalue weighted by Crippen LogP contribution is 2.43. The van der Waals surface area contributed by atoms with Gasteiger partial charge in [-0.05, 0) is 25.0 Å². The third-order valence-electron chi connectivity index (χ3n) is 4.08. The van der Waals surface area contributed by atoms with E-state index >= 15 is 0 Å². The molecule has 126 valence electrons. The van der Waals surface area contributed by atoms with Gasteiger partial charge in [-0.25, -0.2) is 4.79 Å². The van der Waals surface area contributed by atoms with E-state index in [9.17, 15) is 18.0 Å². The molecule has 2 aliphatic rings. The van der Waals surface area contributed by atoms with E-state index < -0.39 is 18.2 Å². The summed E-state index contributed by atoms with van der Waals surface area (Å²) >= 11 is 0. The first-order valence-electron chi connectivity index (χ1n) is 7.54. The molecule has 3 heterocycles. The predicted octanol–water partition coefficient (Wildman–Crippen LogP) is 3.25. The van der Waals surface area contributed by atoms with Crippen molar-refractivity contribution in [2.75, 3.05) is 24.7 Å². The van der Waals surface area contributed by atoms with Gasteiger partial charge in [0.2, 0.25) is 0 Å². The van der Waals surface area contributed by atoms with Crippen molar-refractivity contribution in [3.05, 3.63) is 24.0 Å². The highest BCUT2D eigenvalue weighted by atomic mass is 19.4. The summed E-state index contributed by atoms with van der Waals surface area (Å²) in [5, 5.41) is 0. The second kappa shape index (κ2) is 6.35. The number of amides is 1. The molecule has 0 radical (unpaired) electrons. The van der Waals surface area contributed by atoms with Crippen LogP contribution in [-0.2, 0) is 9.47 Å². The standard InChI is InChI=1S/C15H17F3N2O3/c16-15(17,18)11-3-2-7-20(12-4-1-6-19-13(11)12)14(21)23-10-5-8-22-9-10/h1,4,6,10-11H,2-3,5,7-9H2. The lowest BCUT2D eigenvalue weighted by atomic mass is 9.98. The minimum absolute atomic E-state index is 0.0934. The molecule has 0 bridgehead atoms. The molecular formula is C15H17F3N2O3. The maximum Gasteiger partial charge on any atom is 0.414 e. The van der Waals surface area contributed by atoms with E-state index in [2.05, 4.69) is 4.98 Å². The maximum atomic E-state index is 13.3. The van der Waals surface area contributed by atoms with Crippen LogP contribution < -0.4 is 4.90 Å². The first-order chi connectivity index (χ1) is 11.0. The van der Waals surface area contributed by atoms with Crippen LogP contribution in [0.25, 0.3) is 0 Å². The zero-order chi connectivity index (χ0) is 16.4. The summed E-state index contributed by atoms with van der Waals surface area (Å²) in [6.45, 7) is 1.02. The summed E-state index contributed by atoms with van der Waals surface area (Å²) in [6, 6.07) is 3.01. The van der Waals surface area contributed by atoms with Crippen LogP contribution in [0.15, 0.2) is 18.3 Å². The Labute approximate surface area is 131 Å². The fraction of sp³-hybridized carbons (Fsp3) is 0.600. The Morgan fingerprint density at radius 2 is 2.22 bits per heavy atom. The number of hydrogen-bond donors (Lipinski definition) is 0. The molecule has 23 heavy (non-hydrogen) atoms. The van der Waals surface area contributed by atoms with Gasteiger partial charge in [0.15, 0.2) is 0 Å².